The van der Waals surface area contributed by atoms with E-state index < -0.39 is 28.5 Å². The summed E-state index contributed by atoms with van der Waals surface area (Å²) in [4.78, 5) is 39.8. The maximum atomic E-state index is 12.6. The Hall–Kier alpha value is -3.24. The number of hydrogen-bond acceptors (Lipinski definition) is 8. The van der Waals surface area contributed by atoms with Crippen LogP contribution in [-0.4, -0.2) is 27.8 Å². The number of amides is 1. The highest BCUT2D eigenvalue weighted by Crippen LogP contribution is 2.26. The van der Waals surface area contributed by atoms with Gasteiger partial charge in [0.05, 0.1) is 16.9 Å². The number of aromatic nitrogens is 1. The lowest BCUT2D eigenvalue weighted by atomic mass is 10.0. The summed E-state index contributed by atoms with van der Waals surface area (Å²) in [6.07, 6.45) is 1.54. The number of halogens is 1. The summed E-state index contributed by atoms with van der Waals surface area (Å²) in [5.74, 6) is -0.955. The topological polar surface area (TPSA) is 125 Å². The molecule has 1 atom stereocenters. The summed E-state index contributed by atoms with van der Waals surface area (Å²) in [6.45, 7) is 3.42. The van der Waals surface area contributed by atoms with E-state index >= 15 is 0 Å². The minimum Gasteiger partial charge on any atom is -0.462 e. The fraction of sp³-hybridized carbons (Fsp3) is 0.250. The van der Waals surface area contributed by atoms with Crippen LogP contribution in [0.1, 0.15) is 29.9 Å². The van der Waals surface area contributed by atoms with Crippen LogP contribution >= 0.6 is 22.9 Å². The Morgan fingerprint density at radius 1 is 1.35 bits per heavy atom. The predicted octanol–water partition coefficient (Wildman–Crippen LogP) is 4.46. The number of hydrogen-bond donors (Lipinski definition) is 1. The molecule has 3 rings (SSSR count). The van der Waals surface area contributed by atoms with Crippen LogP contribution in [0, 0.1) is 16.0 Å². The molecule has 0 aliphatic rings. The molecule has 0 bridgehead atoms. The Bertz CT molecular complexity index is 1100. The molecule has 3 aromatic rings. The van der Waals surface area contributed by atoms with Crippen molar-refractivity contribution in [2.24, 2.45) is 5.92 Å². The number of nitro benzene ring substituents is 1. The first kappa shape index (κ1) is 22.4. The summed E-state index contributed by atoms with van der Waals surface area (Å²) in [7, 11) is 0. The fourth-order valence-electron chi connectivity index (χ4n) is 2.64. The maximum absolute atomic E-state index is 12.6. The Kier molecular flexibility index (Phi) is 7.03. The number of nitrogens with one attached hydrogen (secondary N) is 1. The van der Waals surface area contributed by atoms with Gasteiger partial charge >= 0.3 is 5.97 Å². The van der Waals surface area contributed by atoms with Crippen molar-refractivity contribution in [2.45, 2.75) is 26.5 Å². The number of esters is 1. The van der Waals surface area contributed by atoms with Gasteiger partial charge in [-0.15, -0.1) is 11.3 Å². The minimum absolute atomic E-state index is 0.0112. The monoisotopic (exact) mass is 463 g/mol. The number of rotatable bonds is 8. The van der Waals surface area contributed by atoms with E-state index in [0.29, 0.717) is 16.5 Å². The summed E-state index contributed by atoms with van der Waals surface area (Å²) >= 11 is 7.13. The van der Waals surface area contributed by atoms with Crippen LogP contribution < -0.4 is 5.32 Å². The Balaban J connectivity index is 1.65. The molecule has 162 valence electrons. The molecule has 0 radical (unpaired) electrons. The van der Waals surface area contributed by atoms with Crippen LogP contribution in [0.4, 0.5) is 5.69 Å². The lowest BCUT2D eigenvalue weighted by molar-refractivity contribution is -0.384. The zero-order valence-electron chi connectivity index (χ0n) is 16.5. The van der Waals surface area contributed by atoms with Gasteiger partial charge in [-0.1, -0.05) is 25.4 Å². The zero-order chi connectivity index (χ0) is 22.5. The molecular formula is C20H18ClN3O6S. The Morgan fingerprint density at radius 2 is 2.13 bits per heavy atom. The third-order valence-electron chi connectivity index (χ3n) is 4.26. The molecule has 0 aliphatic heterocycles. The van der Waals surface area contributed by atoms with Crippen LogP contribution in [0.2, 0.25) is 5.02 Å². The van der Waals surface area contributed by atoms with Crippen molar-refractivity contribution in [3.8, 4) is 10.8 Å². The number of carbonyl (C=O) groups is 2. The second-order valence-corrected chi connectivity index (χ2v) is 8.11. The molecule has 2 aromatic heterocycles. The molecule has 1 amide bonds. The van der Waals surface area contributed by atoms with Gasteiger partial charge in [-0.05, 0) is 30.2 Å². The molecular weight excluding hydrogens is 446 g/mol. The molecule has 0 saturated carbocycles. The smallest absolute Gasteiger partial charge is 0.329 e. The SMILES string of the molecule is CC(C)[C@H](NC(=O)c1ccc(Cl)c([N+](=O)[O-])c1)C(=O)OCc1csc(-c2ccco2)n1. The molecule has 0 fully saturated rings. The lowest BCUT2D eigenvalue weighted by Crippen LogP contribution is -2.45. The first-order chi connectivity index (χ1) is 14.8. The van der Waals surface area contributed by atoms with Gasteiger partial charge in [-0.25, -0.2) is 9.78 Å². The maximum Gasteiger partial charge on any atom is 0.329 e. The van der Waals surface area contributed by atoms with Gasteiger partial charge in [-0.2, -0.15) is 0 Å². The van der Waals surface area contributed by atoms with Crippen LogP contribution in [0.25, 0.3) is 10.8 Å². The molecule has 9 nitrogen and oxygen atoms in total. The largest absolute Gasteiger partial charge is 0.462 e. The van der Waals surface area contributed by atoms with E-state index in [1.807, 2.05) is 0 Å². The second-order valence-electron chi connectivity index (χ2n) is 6.85. The van der Waals surface area contributed by atoms with Gasteiger partial charge in [0.15, 0.2) is 10.8 Å². The molecule has 1 aromatic carbocycles. The van der Waals surface area contributed by atoms with Gasteiger partial charge in [0, 0.05) is 17.0 Å². The highest BCUT2D eigenvalue weighted by atomic mass is 35.5. The molecule has 0 unspecified atom stereocenters. The fourth-order valence-corrected chi connectivity index (χ4v) is 3.59. The Labute approximate surface area is 186 Å². The zero-order valence-corrected chi connectivity index (χ0v) is 18.1. The predicted molar refractivity (Wildman–Crippen MR) is 114 cm³/mol. The summed E-state index contributed by atoms with van der Waals surface area (Å²) in [5.41, 5.74) is 0.165. The highest BCUT2D eigenvalue weighted by molar-refractivity contribution is 7.13. The third kappa shape index (κ3) is 5.47. The quantitative estimate of drug-likeness (QED) is 0.297. The molecule has 0 aliphatic carbocycles. The number of carbonyl (C=O) groups excluding carboxylic acids is 2. The number of furan rings is 1. The van der Waals surface area contributed by atoms with Crippen molar-refractivity contribution >= 4 is 40.5 Å². The summed E-state index contributed by atoms with van der Waals surface area (Å²) in [5, 5.41) is 15.9. The standard InChI is InChI=1S/C20H18ClN3O6S/c1-11(2)17(23-18(25)12-5-6-14(21)15(8-12)24(27)28)20(26)30-9-13-10-31-19(22-13)16-4-3-7-29-16/h3-8,10-11,17H,9H2,1-2H3,(H,23,25)/t17-/m0/s1. The van der Waals surface area contributed by atoms with Gasteiger partial charge in [0.2, 0.25) is 0 Å². The van der Waals surface area contributed by atoms with Crippen molar-refractivity contribution in [2.75, 3.05) is 0 Å². The van der Waals surface area contributed by atoms with E-state index in [1.54, 1.807) is 37.6 Å². The van der Waals surface area contributed by atoms with Gasteiger partial charge < -0.3 is 14.5 Å². The van der Waals surface area contributed by atoms with Crippen LogP contribution in [0.15, 0.2) is 46.4 Å². The van der Waals surface area contributed by atoms with E-state index in [9.17, 15) is 19.7 Å². The third-order valence-corrected chi connectivity index (χ3v) is 5.48. The van der Waals surface area contributed by atoms with Crippen LogP contribution in [0.5, 0.6) is 0 Å². The van der Waals surface area contributed by atoms with Gasteiger partial charge in [0.1, 0.15) is 17.7 Å². The van der Waals surface area contributed by atoms with Crippen molar-refractivity contribution in [1.29, 1.82) is 0 Å². The second kappa shape index (κ2) is 9.71. The number of nitro groups is 1. The molecule has 2 heterocycles. The van der Waals surface area contributed by atoms with E-state index in [4.69, 9.17) is 20.8 Å². The average Bonchev–Trinajstić information content (AvgIpc) is 3.41. The van der Waals surface area contributed by atoms with E-state index in [2.05, 4.69) is 10.3 Å². The molecule has 1 N–H and O–H groups in total. The van der Waals surface area contributed by atoms with E-state index in [-0.39, 0.29) is 23.1 Å². The normalized spacial score (nSPS) is 11.9. The first-order valence-corrected chi connectivity index (χ1v) is 10.4. The Morgan fingerprint density at radius 3 is 2.77 bits per heavy atom. The van der Waals surface area contributed by atoms with Crippen LogP contribution in [0.3, 0.4) is 0 Å². The molecule has 31 heavy (non-hydrogen) atoms. The molecule has 0 spiro atoms. The van der Waals surface area contributed by atoms with Crippen molar-refractivity contribution in [3.05, 3.63) is 68.4 Å². The van der Waals surface area contributed by atoms with Crippen molar-refractivity contribution in [3.63, 3.8) is 0 Å². The van der Waals surface area contributed by atoms with Crippen molar-refractivity contribution < 1.29 is 23.7 Å². The molecule has 0 saturated heterocycles. The summed E-state index contributed by atoms with van der Waals surface area (Å²) < 4.78 is 10.6. The van der Waals surface area contributed by atoms with Gasteiger partial charge in [0.25, 0.3) is 11.6 Å². The van der Waals surface area contributed by atoms with Crippen molar-refractivity contribution in [1.82, 2.24) is 10.3 Å². The molecule has 11 heteroatoms. The number of thiazole rings is 1. The number of ether oxygens (including phenoxy) is 1. The number of nitrogens with zero attached hydrogens (tertiary/aromatic N) is 2. The summed E-state index contributed by atoms with van der Waals surface area (Å²) in [6, 6.07) is 6.24. The van der Waals surface area contributed by atoms with E-state index in [1.165, 1.54) is 23.5 Å². The van der Waals surface area contributed by atoms with E-state index in [0.717, 1.165) is 6.07 Å². The highest BCUT2D eigenvalue weighted by Gasteiger charge is 2.27. The lowest BCUT2D eigenvalue weighted by Gasteiger charge is -2.20. The first-order valence-electron chi connectivity index (χ1n) is 9.16. The minimum atomic E-state index is -0.953. The number of benzene rings is 1. The average molecular weight is 464 g/mol. The van der Waals surface area contributed by atoms with Crippen LogP contribution in [-0.2, 0) is 16.1 Å². The van der Waals surface area contributed by atoms with Gasteiger partial charge in [-0.3, -0.25) is 14.9 Å².